The van der Waals surface area contributed by atoms with Gasteiger partial charge < -0.3 is 0 Å². The van der Waals surface area contributed by atoms with Crippen LogP contribution >= 0.6 is 0 Å². The first kappa shape index (κ1) is 19.2. The van der Waals surface area contributed by atoms with Gasteiger partial charge in [-0.1, -0.05) is 91.0 Å². The third-order valence-corrected chi connectivity index (χ3v) is 4.55. The van der Waals surface area contributed by atoms with Crippen LogP contribution in [0.1, 0.15) is 16.7 Å². The molecule has 0 saturated heterocycles. The van der Waals surface area contributed by atoms with E-state index in [9.17, 15) is 13.2 Å². The average molecular weight is 369 g/mol. The van der Waals surface area contributed by atoms with Gasteiger partial charge in [-0.25, -0.2) is 0 Å². The number of benzene rings is 3. The highest BCUT2D eigenvalue weighted by atomic mass is 19.4. The summed E-state index contributed by atoms with van der Waals surface area (Å²) < 4.78 is 42.1. The van der Waals surface area contributed by atoms with Gasteiger partial charge in [0.15, 0.2) is 0 Å². The fourth-order valence-electron chi connectivity index (χ4n) is 3.20. The molecule has 0 heterocycles. The summed E-state index contributed by atoms with van der Waals surface area (Å²) in [7, 11) is 0. The largest absolute Gasteiger partial charge is 0.404 e. The van der Waals surface area contributed by atoms with Crippen LogP contribution in [0.5, 0.6) is 0 Å². The molecule has 3 rings (SSSR count). The maximum absolute atomic E-state index is 14.0. The molecule has 27 heavy (non-hydrogen) atoms. The Labute approximate surface area is 158 Å². The lowest BCUT2D eigenvalue weighted by atomic mass is 10.0. The second-order valence-corrected chi connectivity index (χ2v) is 6.62. The Balaban J connectivity index is 1.91. The lowest BCUT2D eigenvalue weighted by Gasteiger charge is -2.33. The van der Waals surface area contributed by atoms with Crippen LogP contribution in [0.4, 0.5) is 13.2 Å². The minimum atomic E-state index is -4.32. The minimum Gasteiger partial charge on any atom is -0.283 e. The Kier molecular flexibility index (Phi) is 6.30. The third kappa shape index (κ3) is 5.69. The average Bonchev–Trinajstić information content (AvgIpc) is 2.67. The standard InChI is InChI=1S/C23H22F3N/c24-23(25,26)22(16-19-10-4-1-5-11-19)27(17-20-12-6-2-7-13-20)18-21-14-8-3-9-15-21/h1-15,22H,16-18H2. The smallest absolute Gasteiger partial charge is 0.283 e. The molecule has 0 amide bonds. The van der Waals surface area contributed by atoms with Crippen molar-refractivity contribution in [3.63, 3.8) is 0 Å². The lowest BCUT2D eigenvalue weighted by molar-refractivity contribution is -0.187. The molecule has 0 aromatic heterocycles. The van der Waals surface area contributed by atoms with Crippen LogP contribution in [0.3, 0.4) is 0 Å². The SMILES string of the molecule is FC(F)(F)C(Cc1ccccc1)N(Cc1ccccc1)Cc1ccccc1. The minimum absolute atomic E-state index is 0.0655. The molecule has 0 saturated carbocycles. The molecule has 0 aliphatic rings. The zero-order valence-electron chi connectivity index (χ0n) is 14.9. The van der Waals surface area contributed by atoms with Crippen LogP contribution in [0.25, 0.3) is 0 Å². The van der Waals surface area contributed by atoms with Crippen LogP contribution in [0.2, 0.25) is 0 Å². The Bertz CT molecular complexity index is 760. The number of rotatable bonds is 7. The molecule has 0 radical (unpaired) electrons. The van der Waals surface area contributed by atoms with Crippen molar-refractivity contribution < 1.29 is 13.2 Å². The summed E-state index contributed by atoms with van der Waals surface area (Å²) in [6.07, 6.45) is -4.39. The van der Waals surface area contributed by atoms with Gasteiger partial charge in [0.2, 0.25) is 0 Å². The monoisotopic (exact) mass is 369 g/mol. The molecule has 0 N–H and O–H groups in total. The molecular formula is C23H22F3N. The van der Waals surface area contributed by atoms with Gasteiger partial charge >= 0.3 is 6.18 Å². The quantitative estimate of drug-likeness (QED) is 0.504. The fourth-order valence-corrected chi connectivity index (χ4v) is 3.20. The molecule has 1 atom stereocenters. The summed E-state index contributed by atoms with van der Waals surface area (Å²) in [4.78, 5) is 1.53. The normalized spacial score (nSPS) is 12.9. The highest BCUT2D eigenvalue weighted by Crippen LogP contribution is 2.30. The summed E-state index contributed by atoms with van der Waals surface area (Å²) in [6.45, 7) is 0.486. The number of halogens is 3. The van der Waals surface area contributed by atoms with Gasteiger partial charge in [0, 0.05) is 13.1 Å². The molecule has 3 aromatic rings. The van der Waals surface area contributed by atoms with Crippen molar-refractivity contribution in [2.24, 2.45) is 0 Å². The van der Waals surface area contributed by atoms with E-state index in [1.165, 1.54) is 4.90 Å². The molecule has 0 fully saturated rings. The highest BCUT2D eigenvalue weighted by molar-refractivity contribution is 5.20. The summed E-state index contributed by atoms with van der Waals surface area (Å²) in [5.41, 5.74) is 2.43. The van der Waals surface area contributed by atoms with Gasteiger partial charge in [-0.3, -0.25) is 4.90 Å². The molecule has 1 nitrogen and oxygen atoms in total. The van der Waals surface area contributed by atoms with E-state index in [0.717, 1.165) is 11.1 Å². The molecule has 0 aliphatic heterocycles. The van der Waals surface area contributed by atoms with Crippen molar-refractivity contribution in [2.75, 3.05) is 0 Å². The topological polar surface area (TPSA) is 3.24 Å². The van der Waals surface area contributed by atoms with Gasteiger partial charge in [0.1, 0.15) is 6.04 Å². The Morgan fingerprint density at radius 1 is 0.593 bits per heavy atom. The maximum Gasteiger partial charge on any atom is 0.404 e. The molecule has 1 unspecified atom stereocenters. The summed E-state index contributed by atoms with van der Waals surface area (Å²) in [5, 5.41) is 0. The van der Waals surface area contributed by atoms with Crippen LogP contribution in [0, 0.1) is 0 Å². The van der Waals surface area contributed by atoms with E-state index in [4.69, 9.17) is 0 Å². The van der Waals surface area contributed by atoms with Crippen molar-refractivity contribution >= 4 is 0 Å². The third-order valence-electron chi connectivity index (χ3n) is 4.55. The van der Waals surface area contributed by atoms with Gasteiger partial charge in [0.25, 0.3) is 0 Å². The van der Waals surface area contributed by atoms with Crippen LogP contribution < -0.4 is 0 Å². The molecular weight excluding hydrogens is 347 g/mol. The van der Waals surface area contributed by atoms with Crippen LogP contribution in [-0.2, 0) is 19.5 Å². The van der Waals surface area contributed by atoms with E-state index in [1.807, 2.05) is 66.7 Å². The van der Waals surface area contributed by atoms with Crippen LogP contribution in [0.15, 0.2) is 91.0 Å². The predicted molar refractivity (Wildman–Crippen MR) is 102 cm³/mol. The molecule has 3 aromatic carbocycles. The summed E-state index contributed by atoms with van der Waals surface area (Å²) >= 11 is 0. The van der Waals surface area contributed by atoms with Crippen molar-refractivity contribution in [2.45, 2.75) is 31.7 Å². The van der Waals surface area contributed by atoms with E-state index < -0.39 is 12.2 Å². The van der Waals surface area contributed by atoms with E-state index in [2.05, 4.69) is 0 Å². The first-order valence-electron chi connectivity index (χ1n) is 8.95. The van der Waals surface area contributed by atoms with Crippen LogP contribution in [-0.4, -0.2) is 17.1 Å². The van der Waals surface area contributed by atoms with Crippen molar-refractivity contribution in [3.8, 4) is 0 Å². The number of alkyl halides is 3. The molecule has 140 valence electrons. The van der Waals surface area contributed by atoms with Gasteiger partial charge in [-0.2, -0.15) is 13.2 Å². The zero-order chi connectivity index (χ0) is 19.1. The van der Waals surface area contributed by atoms with Gasteiger partial charge in [-0.15, -0.1) is 0 Å². The number of hydrogen-bond acceptors (Lipinski definition) is 1. The lowest BCUT2D eigenvalue weighted by Crippen LogP contribution is -2.46. The summed E-state index contributed by atoms with van der Waals surface area (Å²) in [6, 6.07) is 26.0. The Hall–Kier alpha value is -2.59. The van der Waals surface area contributed by atoms with Crippen molar-refractivity contribution in [3.05, 3.63) is 108 Å². The van der Waals surface area contributed by atoms with E-state index in [0.29, 0.717) is 5.56 Å². The Morgan fingerprint density at radius 2 is 0.963 bits per heavy atom. The first-order chi connectivity index (χ1) is 13.0. The zero-order valence-corrected chi connectivity index (χ0v) is 14.9. The highest BCUT2D eigenvalue weighted by Gasteiger charge is 2.43. The Morgan fingerprint density at radius 3 is 1.33 bits per heavy atom. The van der Waals surface area contributed by atoms with E-state index in [-0.39, 0.29) is 19.5 Å². The summed E-state index contributed by atoms with van der Waals surface area (Å²) in [5.74, 6) is 0. The van der Waals surface area contributed by atoms with Gasteiger partial charge in [-0.05, 0) is 23.1 Å². The molecule has 0 bridgehead atoms. The molecule has 0 aliphatic carbocycles. The first-order valence-corrected chi connectivity index (χ1v) is 8.95. The van der Waals surface area contributed by atoms with E-state index in [1.54, 1.807) is 24.3 Å². The number of nitrogens with zero attached hydrogens (tertiary/aromatic N) is 1. The van der Waals surface area contributed by atoms with E-state index >= 15 is 0 Å². The second-order valence-electron chi connectivity index (χ2n) is 6.62. The molecule has 4 heteroatoms. The van der Waals surface area contributed by atoms with Crippen molar-refractivity contribution in [1.29, 1.82) is 0 Å². The molecule has 0 spiro atoms. The fraction of sp³-hybridized carbons (Fsp3) is 0.217. The maximum atomic E-state index is 14.0. The number of hydrogen-bond donors (Lipinski definition) is 0. The van der Waals surface area contributed by atoms with Gasteiger partial charge in [0.05, 0.1) is 0 Å². The van der Waals surface area contributed by atoms with Crippen molar-refractivity contribution in [1.82, 2.24) is 4.90 Å². The predicted octanol–water partition coefficient (Wildman–Crippen LogP) is 5.86. The second kappa shape index (κ2) is 8.87.